The Kier molecular flexibility index (Phi) is 3.41. The number of methoxy groups -OCH3 is 1. The smallest absolute Gasteiger partial charge is 0.169 e. The maximum Gasteiger partial charge on any atom is 0.169 e. The highest BCUT2D eigenvalue weighted by atomic mass is 19.1. The van der Waals surface area contributed by atoms with Crippen LogP contribution >= 0.6 is 0 Å². The Balaban J connectivity index is 2.21. The predicted molar refractivity (Wildman–Crippen MR) is 60.4 cm³/mol. The van der Waals surface area contributed by atoms with Gasteiger partial charge in [0.2, 0.25) is 0 Å². The normalized spacial score (nSPS) is 17.2. The number of ether oxygens (including phenoxy) is 1. The second-order valence-corrected chi connectivity index (χ2v) is 4.26. The quantitative estimate of drug-likeness (QED) is 0.595. The second kappa shape index (κ2) is 4.80. The first kappa shape index (κ1) is 11.4. The molecule has 1 unspecified atom stereocenters. The van der Waals surface area contributed by atoms with Crippen LogP contribution in [-0.2, 0) is 0 Å². The molecule has 1 aliphatic rings. The van der Waals surface area contributed by atoms with Crippen LogP contribution in [0.4, 0.5) is 4.39 Å². The van der Waals surface area contributed by atoms with Gasteiger partial charge in [-0.05, 0) is 18.4 Å². The SMILES string of the molecule is COc1cccc(C(CC2CC2)NN)c1F. The van der Waals surface area contributed by atoms with Crippen molar-refractivity contribution < 1.29 is 9.13 Å². The molecule has 16 heavy (non-hydrogen) atoms. The molecule has 2 rings (SSSR count). The Labute approximate surface area is 94.8 Å². The minimum atomic E-state index is -0.311. The van der Waals surface area contributed by atoms with Crippen LogP contribution in [0.25, 0.3) is 0 Å². The van der Waals surface area contributed by atoms with Crippen LogP contribution in [0.2, 0.25) is 0 Å². The van der Waals surface area contributed by atoms with E-state index in [1.807, 2.05) is 0 Å². The summed E-state index contributed by atoms with van der Waals surface area (Å²) < 4.78 is 18.9. The van der Waals surface area contributed by atoms with Crippen molar-refractivity contribution in [3.8, 4) is 5.75 Å². The van der Waals surface area contributed by atoms with Gasteiger partial charge in [-0.25, -0.2) is 4.39 Å². The van der Waals surface area contributed by atoms with Crippen molar-refractivity contribution in [2.45, 2.75) is 25.3 Å². The Morgan fingerprint density at radius 3 is 2.88 bits per heavy atom. The maximum absolute atomic E-state index is 14.0. The zero-order chi connectivity index (χ0) is 11.5. The van der Waals surface area contributed by atoms with E-state index < -0.39 is 0 Å². The first-order valence-electron chi connectivity index (χ1n) is 5.54. The van der Waals surface area contributed by atoms with E-state index in [4.69, 9.17) is 10.6 Å². The zero-order valence-electron chi connectivity index (χ0n) is 9.37. The highest BCUT2D eigenvalue weighted by molar-refractivity contribution is 5.33. The minimum absolute atomic E-state index is 0.123. The molecule has 1 aromatic carbocycles. The summed E-state index contributed by atoms with van der Waals surface area (Å²) in [5.41, 5.74) is 3.28. The molecule has 0 spiro atoms. The average molecular weight is 224 g/mol. The molecule has 1 aromatic rings. The van der Waals surface area contributed by atoms with Crippen molar-refractivity contribution in [2.75, 3.05) is 7.11 Å². The van der Waals surface area contributed by atoms with Crippen molar-refractivity contribution in [2.24, 2.45) is 11.8 Å². The van der Waals surface area contributed by atoms with Gasteiger partial charge in [-0.2, -0.15) is 0 Å². The fraction of sp³-hybridized carbons (Fsp3) is 0.500. The molecule has 0 aliphatic heterocycles. The van der Waals surface area contributed by atoms with E-state index in [0.29, 0.717) is 11.5 Å². The van der Waals surface area contributed by atoms with E-state index in [2.05, 4.69) is 5.43 Å². The third kappa shape index (κ3) is 2.33. The Morgan fingerprint density at radius 2 is 2.31 bits per heavy atom. The first-order chi connectivity index (χ1) is 7.76. The molecule has 1 fully saturated rings. The minimum Gasteiger partial charge on any atom is -0.494 e. The van der Waals surface area contributed by atoms with E-state index in [-0.39, 0.29) is 17.6 Å². The van der Waals surface area contributed by atoms with Gasteiger partial charge in [0.25, 0.3) is 0 Å². The van der Waals surface area contributed by atoms with Crippen LogP contribution < -0.4 is 16.0 Å². The average Bonchev–Trinajstić information content (AvgIpc) is 3.10. The summed E-state index contributed by atoms with van der Waals surface area (Å²) in [6, 6.07) is 5.03. The second-order valence-electron chi connectivity index (χ2n) is 4.26. The lowest BCUT2D eigenvalue weighted by Gasteiger charge is -2.17. The highest BCUT2D eigenvalue weighted by Gasteiger charge is 2.27. The van der Waals surface area contributed by atoms with Gasteiger partial charge in [0.1, 0.15) is 0 Å². The molecule has 1 aliphatic carbocycles. The van der Waals surface area contributed by atoms with Crippen molar-refractivity contribution in [1.82, 2.24) is 5.43 Å². The lowest BCUT2D eigenvalue weighted by Crippen LogP contribution is -2.29. The van der Waals surface area contributed by atoms with Crippen LogP contribution in [-0.4, -0.2) is 7.11 Å². The van der Waals surface area contributed by atoms with Crippen LogP contribution in [0.3, 0.4) is 0 Å². The molecular weight excluding hydrogens is 207 g/mol. The number of halogens is 1. The summed E-state index contributed by atoms with van der Waals surface area (Å²) in [7, 11) is 1.47. The lowest BCUT2D eigenvalue weighted by atomic mass is 10.0. The summed E-state index contributed by atoms with van der Waals surface area (Å²) >= 11 is 0. The van der Waals surface area contributed by atoms with Crippen molar-refractivity contribution in [3.05, 3.63) is 29.6 Å². The van der Waals surface area contributed by atoms with Crippen molar-refractivity contribution >= 4 is 0 Å². The molecule has 0 amide bonds. The largest absolute Gasteiger partial charge is 0.494 e. The number of nitrogens with one attached hydrogen (secondary N) is 1. The molecule has 3 nitrogen and oxygen atoms in total. The lowest BCUT2D eigenvalue weighted by molar-refractivity contribution is 0.376. The van der Waals surface area contributed by atoms with E-state index in [1.165, 1.54) is 20.0 Å². The molecule has 4 heteroatoms. The van der Waals surface area contributed by atoms with Gasteiger partial charge in [-0.3, -0.25) is 11.3 Å². The van der Waals surface area contributed by atoms with Crippen molar-refractivity contribution in [3.63, 3.8) is 0 Å². The fourth-order valence-electron chi connectivity index (χ4n) is 1.93. The third-order valence-corrected chi connectivity index (χ3v) is 3.06. The highest BCUT2D eigenvalue weighted by Crippen LogP contribution is 2.38. The summed E-state index contributed by atoms with van der Waals surface area (Å²) in [5, 5.41) is 0. The Hall–Kier alpha value is -1.13. The van der Waals surface area contributed by atoms with E-state index in [9.17, 15) is 4.39 Å². The standard InChI is InChI=1S/C12H17FN2O/c1-16-11-4-2-3-9(12(11)13)10(15-14)7-8-5-6-8/h2-4,8,10,15H,5-7,14H2,1H3. The molecule has 0 radical (unpaired) electrons. The molecule has 0 saturated heterocycles. The summed E-state index contributed by atoms with van der Waals surface area (Å²) in [6.07, 6.45) is 3.34. The van der Waals surface area contributed by atoms with E-state index in [0.717, 1.165) is 6.42 Å². The monoisotopic (exact) mass is 224 g/mol. The summed E-state index contributed by atoms with van der Waals surface area (Å²) in [5.74, 6) is 6.13. The van der Waals surface area contributed by atoms with Crippen LogP contribution in [0, 0.1) is 11.7 Å². The number of hydrogen-bond acceptors (Lipinski definition) is 3. The van der Waals surface area contributed by atoms with Gasteiger partial charge in [0, 0.05) is 11.6 Å². The van der Waals surface area contributed by atoms with Gasteiger partial charge in [-0.15, -0.1) is 0 Å². The zero-order valence-corrected chi connectivity index (χ0v) is 9.37. The van der Waals surface area contributed by atoms with E-state index in [1.54, 1.807) is 18.2 Å². The van der Waals surface area contributed by atoms with Crippen LogP contribution in [0.15, 0.2) is 18.2 Å². The number of nitrogens with two attached hydrogens (primary N) is 1. The molecular formula is C12H17FN2O. The summed E-state index contributed by atoms with van der Waals surface area (Å²) in [4.78, 5) is 0. The number of rotatable bonds is 5. The summed E-state index contributed by atoms with van der Waals surface area (Å²) in [6.45, 7) is 0. The molecule has 0 heterocycles. The molecule has 3 N–H and O–H groups in total. The number of benzene rings is 1. The molecule has 88 valence electrons. The van der Waals surface area contributed by atoms with Gasteiger partial charge in [0.05, 0.1) is 7.11 Å². The third-order valence-electron chi connectivity index (χ3n) is 3.06. The number of hydrazine groups is 1. The van der Waals surface area contributed by atoms with E-state index >= 15 is 0 Å². The molecule has 0 aromatic heterocycles. The van der Waals surface area contributed by atoms with Crippen molar-refractivity contribution in [1.29, 1.82) is 0 Å². The maximum atomic E-state index is 14.0. The van der Waals surface area contributed by atoms with Crippen LogP contribution in [0.1, 0.15) is 30.9 Å². The van der Waals surface area contributed by atoms with Gasteiger partial charge in [0.15, 0.2) is 11.6 Å². The van der Waals surface area contributed by atoms with Gasteiger partial charge < -0.3 is 4.74 Å². The molecule has 1 saturated carbocycles. The Morgan fingerprint density at radius 1 is 1.56 bits per heavy atom. The predicted octanol–water partition coefficient (Wildman–Crippen LogP) is 2.14. The van der Waals surface area contributed by atoms with Gasteiger partial charge >= 0.3 is 0 Å². The van der Waals surface area contributed by atoms with Gasteiger partial charge in [-0.1, -0.05) is 25.0 Å². The molecule has 1 atom stereocenters. The fourth-order valence-corrected chi connectivity index (χ4v) is 1.93. The first-order valence-corrected chi connectivity index (χ1v) is 5.54. The number of hydrogen-bond donors (Lipinski definition) is 2. The Bertz CT molecular complexity index is 366. The topological polar surface area (TPSA) is 47.3 Å². The van der Waals surface area contributed by atoms with Crippen LogP contribution in [0.5, 0.6) is 5.75 Å². The molecule has 0 bridgehead atoms.